The minimum absolute atomic E-state index is 0.737. The lowest BCUT2D eigenvalue weighted by molar-refractivity contribution is 0.677. The summed E-state index contributed by atoms with van der Waals surface area (Å²) in [6.45, 7) is 4.04. The Morgan fingerprint density at radius 3 is 2.54 bits per heavy atom. The third-order valence-electron chi connectivity index (χ3n) is 1.94. The highest BCUT2D eigenvalue weighted by Gasteiger charge is 1.91. The monoisotopic (exact) mass is 197 g/mol. The van der Waals surface area contributed by atoms with E-state index in [1.165, 1.54) is 11.1 Å². The summed E-state index contributed by atoms with van der Waals surface area (Å²) in [4.78, 5) is 0. The fourth-order valence-electron chi connectivity index (χ4n) is 1.13. The first-order valence-electron chi connectivity index (χ1n) is 4.65. The summed E-state index contributed by atoms with van der Waals surface area (Å²) in [6, 6.07) is 8.59. The number of nitrogens with one attached hydrogen (secondary N) is 1. The summed E-state index contributed by atoms with van der Waals surface area (Å²) in [6.07, 6.45) is 1.04. The summed E-state index contributed by atoms with van der Waals surface area (Å²) in [7, 11) is 0. The van der Waals surface area contributed by atoms with Crippen LogP contribution in [-0.2, 0) is 6.54 Å². The fraction of sp³-hybridized carbons (Fsp3) is 0.455. The van der Waals surface area contributed by atoms with Crippen molar-refractivity contribution < 1.29 is 0 Å². The second kappa shape index (κ2) is 6.01. The van der Waals surface area contributed by atoms with Crippen LogP contribution in [0.3, 0.4) is 0 Å². The number of hydrogen-bond donors (Lipinski definition) is 1. The Hall–Kier alpha value is -0.530. The van der Waals surface area contributed by atoms with Crippen LogP contribution in [0, 0.1) is 6.92 Å². The van der Waals surface area contributed by atoms with Gasteiger partial charge in [0.2, 0.25) is 0 Å². The molecule has 0 unspecified atom stereocenters. The molecule has 1 N–H and O–H groups in total. The Balaban J connectivity index is 2.25. The van der Waals surface area contributed by atoms with Gasteiger partial charge in [-0.2, -0.15) is 0 Å². The van der Waals surface area contributed by atoms with Crippen LogP contribution < -0.4 is 5.32 Å². The maximum absolute atomic E-state index is 5.56. The van der Waals surface area contributed by atoms with Crippen molar-refractivity contribution in [3.05, 3.63) is 35.4 Å². The van der Waals surface area contributed by atoms with Gasteiger partial charge in [0, 0.05) is 12.4 Å². The Morgan fingerprint density at radius 1 is 1.23 bits per heavy atom. The topological polar surface area (TPSA) is 12.0 Å². The molecule has 0 atom stereocenters. The summed E-state index contributed by atoms with van der Waals surface area (Å²) in [5.41, 5.74) is 2.64. The van der Waals surface area contributed by atoms with Crippen molar-refractivity contribution in [1.29, 1.82) is 0 Å². The molecule has 0 amide bonds. The Morgan fingerprint density at radius 2 is 1.92 bits per heavy atom. The molecule has 72 valence electrons. The van der Waals surface area contributed by atoms with E-state index in [9.17, 15) is 0 Å². The molecule has 0 aliphatic rings. The Bertz CT molecular complexity index is 230. The van der Waals surface area contributed by atoms with E-state index in [1.54, 1.807) is 0 Å². The van der Waals surface area contributed by atoms with Crippen LogP contribution in [0.2, 0.25) is 0 Å². The van der Waals surface area contributed by atoms with Crippen molar-refractivity contribution in [2.24, 2.45) is 0 Å². The normalized spacial score (nSPS) is 10.3. The van der Waals surface area contributed by atoms with Crippen LogP contribution in [0.1, 0.15) is 17.5 Å². The maximum atomic E-state index is 5.56. The molecular weight excluding hydrogens is 182 g/mol. The van der Waals surface area contributed by atoms with E-state index in [2.05, 4.69) is 36.5 Å². The summed E-state index contributed by atoms with van der Waals surface area (Å²) in [5, 5.41) is 3.34. The number of aryl methyl sites for hydroxylation is 1. The lowest BCUT2D eigenvalue weighted by atomic mass is 10.1. The van der Waals surface area contributed by atoms with Gasteiger partial charge in [-0.25, -0.2) is 0 Å². The van der Waals surface area contributed by atoms with E-state index in [1.807, 2.05) is 0 Å². The molecule has 1 nitrogen and oxygen atoms in total. The van der Waals surface area contributed by atoms with Crippen molar-refractivity contribution in [3.8, 4) is 0 Å². The molecule has 0 saturated heterocycles. The molecule has 0 saturated carbocycles. The van der Waals surface area contributed by atoms with Crippen molar-refractivity contribution in [2.75, 3.05) is 12.4 Å². The van der Waals surface area contributed by atoms with E-state index in [-0.39, 0.29) is 0 Å². The lowest BCUT2D eigenvalue weighted by Gasteiger charge is -2.03. The van der Waals surface area contributed by atoms with Crippen LogP contribution >= 0.6 is 11.6 Å². The average molecular weight is 198 g/mol. The molecule has 2 heteroatoms. The van der Waals surface area contributed by atoms with Gasteiger partial charge in [0.1, 0.15) is 0 Å². The molecule has 0 aliphatic heterocycles. The summed E-state index contributed by atoms with van der Waals surface area (Å²) < 4.78 is 0. The zero-order valence-electron chi connectivity index (χ0n) is 8.02. The van der Waals surface area contributed by atoms with Gasteiger partial charge in [-0.05, 0) is 25.5 Å². The van der Waals surface area contributed by atoms with Crippen LogP contribution in [0.5, 0.6) is 0 Å². The zero-order valence-corrected chi connectivity index (χ0v) is 8.77. The second-order valence-electron chi connectivity index (χ2n) is 3.20. The van der Waals surface area contributed by atoms with Gasteiger partial charge < -0.3 is 5.32 Å². The SMILES string of the molecule is Cc1ccc(CNCCCCl)cc1. The number of benzene rings is 1. The standard InChI is InChI=1S/C11H16ClN/c1-10-3-5-11(6-4-10)9-13-8-2-7-12/h3-6,13H,2,7-9H2,1H3. The van der Waals surface area contributed by atoms with Gasteiger partial charge in [0.25, 0.3) is 0 Å². The van der Waals surface area contributed by atoms with Crippen LogP contribution in [0.4, 0.5) is 0 Å². The zero-order chi connectivity index (χ0) is 9.52. The molecule has 0 heterocycles. The minimum atomic E-state index is 0.737. The quantitative estimate of drug-likeness (QED) is 0.566. The molecule has 0 aromatic heterocycles. The van der Waals surface area contributed by atoms with E-state index < -0.39 is 0 Å². The Kier molecular flexibility index (Phi) is 4.87. The minimum Gasteiger partial charge on any atom is -0.313 e. The van der Waals surface area contributed by atoms with E-state index in [0.29, 0.717) is 0 Å². The van der Waals surface area contributed by atoms with Gasteiger partial charge in [-0.3, -0.25) is 0 Å². The van der Waals surface area contributed by atoms with Crippen molar-refractivity contribution in [2.45, 2.75) is 19.9 Å². The van der Waals surface area contributed by atoms with Gasteiger partial charge in [-0.1, -0.05) is 29.8 Å². The van der Waals surface area contributed by atoms with Crippen LogP contribution in [0.25, 0.3) is 0 Å². The number of hydrogen-bond acceptors (Lipinski definition) is 1. The van der Waals surface area contributed by atoms with Crippen LogP contribution in [-0.4, -0.2) is 12.4 Å². The van der Waals surface area contributed by atoms with E-state index in [4.69, 9.17) is 11.6 Å². The molecule has 1 aromatic rings. The molecular formula is C11H16ClN. The summed E-state index contributed by atoms with van der Waals surface area (Å²) in [5.74, 6) is 0.737. The molecule has 0 fully saturated rings. The highest BCUT2D eigenvalue weighted by molar-refractivity contribution is 6.17. The molecule has 0 aliphatic carbocycles. The Labute approximate surface area is 85.1 Å². The van der Waals surface area contributed by atoms with Gasteiger partial charge in [0.05, 0.1) is 0 Å². The third-order valence-corrected chi connectivity index (χ3v) is 2.20. The predicted molar refractivity (Wildman–Crippen MR) is 58.2 cm³/mol. The maximum Gasteiger partial charge on any atom is 0.0235 e. The van der Waals surface area contributed by atoms with Gasteiger partial charge in [0.15, 0.2) is 0 Å². The summed E-state index contributed by atoms with van der Waals surface area (Å²) >= 11 is 5.56. The predicted octanol–water partition coefficient (Wildman–Crippen LogP) is 2.71. The number of halogens is 1. The first-order chi connectivity index (χ1) is 6.33. The first kappa shape index (κ1) is 10.6. The number of alkyl halides is 1. The number of rotatable bonds is 5. The smallest absolute Gasteiger partial charge is 0.0235 e. The van der Waals surface area contributed by atoms with E-state index >= 15 is 0 Å². The fourth-order valence-corrected chi connectivity index (χ4v) is 1.26. The molecule has 0 spiro atoms. The molecule has 1 rings (SSSR count). The molecule has 0 radical (unpaired) electrons. The molecule has 1 aromatic carbocycles. The van der Waals surface area contributed by atoms with Crippen LogP contribution in [0.15, 0.2) is 24.3 Å². The highest BCUT2D eigenvalue weighted by atomic mass is 35.5. The first-order valence-corrected chi connectivity index (χ1v) is 5.18. The molecule has 13 heavy (non-hydrogen) atoms. The highest BCUT2D eigenvalue weighted by Crippen LogP contribution is 2.02. The molecule has 0 bridgehead atoms. The van der Waals surface area contributed by atoms with Gasteiger partial charge >= 0.3 is 0 Å². The largest absolute Gasteiger partial charge is 0.313 e. The van der Waals surface area contributed by atoms with E-state index in [0.717, 1.165) is 25.4 Å². The third kappa shape index (κ3) is 4.30. The van der Waals surface area contributed by atoms with Crippen molar-refractivity contribution in [3.63, 3.8) is 0 Å². The van der Waals surface area contributed by atoms with Crippen molar-refractivity contribution >= 4 is 11.6 Å². The lowest BCUT2D eigenvalue weighted by Crippen LogP contribution is -2.14. The average Bonchev–Trinajstić information content (AvgIpc) is 2.15. The second-order valence-corrected chi connectivity index (χ2v) is 3.58. The van der Waals surface area contributed by atoms with Gasteiger partial charge in [-0.15, -0.1) is 11.6 Å². The van der Waals surface area contributed by atoms with Crippen molar-refractivity contribution in [1.82, 2.24) is 5.32 Å².